The number of carbonyl (C=O) groups is 1. The van der Waals surface area contributed by atoms with Gasteiger partial charge >= 0.3 is 12.4 Å². The SMILES string of the molecule is C[C@@](O)(CC(=O)Nc1nc2cc(C(F)(F)F)cc(F)c2n1C1CCC1)C(F)(F)F. The number of nitrogens with one attached hydrogen (secondary N) is 1. The van der Waals surface area contributed by atoms with E-state index in [1.807, 2.05) is 0 Å². The van der Waals surface area contributed by atoms with Crippen molar-refractivity contribution in [3.05, 3.63) is 23.5 Å². The molecule has 0 aliphatic heterocycles. The normalized spacial score (nSPS) is 17.8. The molecule has 29 heavy (non-hydrogen) atoms. The zero-order valence-corrected chi connectivity index (χ0v) is 15.0. The van der Waals surface area contributed by atoms with Gasteiger partial charge in [-0.1, -0.05) is 0 Å². The van der Waals surface area contributed by atoms with Gasteiger partial charge in [-0.2, -0.15) is 26.3 Å². The first kappa shape index (κ1) is 21.3. The largest absolute Gasteiger partial charge is 0.417 e. The van der Waals surface area contributed by atoms with Crippen molar-refractivity contribution in [1.29, 1.82) is 0 Å². The fourth-order valence-electron chi connectivity index (χ4n) is 3.02. The molecule has 1 atom stereocenters. The van der Waals surface area contributed by atoms with Gasteiger partial charge in [0.2, 0.25) is 11.9 Å². The van der Waals surface area contributed by atoms with E-state index in [-0.39, 0.29) is 23.0 Å². The second-order valence-electron chi connectivity index (χ2n) is 7.21. The number of anilines is 1. The highest BCUT2D eigenvalue weighted by Crippen LogP contribution is 2.40. The maximum Gasteiger partial charge on any atom is 0.417 e. The smallest absolute Gasteiger partial charge is 0.380 e. The molecular formula is C17H16F7N3O2. The van der Waals surface area contributed by atoms with Crippen molar-refractivity contribution in [2.75, 3.05) is 5.32 Å². The number of carbonyl (C=O) groups excluding carboxylic acids is 1. The van der Waals surface area contributed by atoms with Crippen molar-refractivity contribution in [2.24, 2.45) is 0 Å². The maximum absolute atomic E-state index is 14.5. The maximum atomic E-state index is 14.5. The van der Waals surface area contributed by atoms with Gasteiger partial charge in [-0.25, -0.2) is 9.37 Å². The van der Waals surface area contributed by atoms with E-state index < -0.39 is 41.7 Å². The van der Waals surface area contributed by atoms with E-state index in [0.717, 1.165) is 6.42 Å². The Labute approximate surface area is 159 Å². The lowest BCUT2D eigenvalue weighted by molar-refractivity contribution is -0.252. The number of fused-ring (bicyclic) bond motifs is 1. The van der Waals surface area contributed by atoms with Crippen LogP contribution in [0.4, 0.5) is 36.7 Å². The number of rotatable bonds is 4. The number of amides is 1. The molecule has 12 heteroatoms. The van der Waals surface area contributed by atoms with E-state index in [1.54, 1.807) is 0 Å². The van der Waals surface area contributed by atoms with Crippen LogP contribution in [-0.4, -0.2) is 32.3 Å². The number of hydrogen-bond donors (Lipinski definition) is 2. The third kappa shape index (κ3) is 4.02. The number of aliphatic hydroxyl groups is 1. The number of imidazole rings is 1. The topological polar surface area (TPSA) is 67.2 Å². The van der Waals surface area contributed by atoms with E-state index in [2.05, 4.69) is 10.3 Å². The van der Waals surface area contributed by atoms with E-state index >= 15 is 0 Å². The fourth-order valence-corrected chi connectivity index (χ4v) is 3.02. The van der Waals surface area contributed by atoms with Crippen molar-refractivity contribution in [3.63, 3.8) is 0 Å². The third-order valence-electron chi connectivity index (χ3n) is 4.87. The van der Waals surface area contributed by atoms with Crippen LogP contribution in [0, 0.1) is 5.82 Å². The number of hydrogen-bond acceptors (Lipinski definition) is 3. The minimum atomic E-state index is -5.08. The highest BCUT2D eigenvalue weighted by molar-refractivity contribution is 5.92. The molecular weight excluding hydrogens is 411 g/mol. The third-order valence-corrected chi connectivity index (χ3v) is 4.87. The molecule has 2 aromatic rings. The summed E-state index contributed by atoms with van der Waals surface area (Å²) in [6.45, 7) is 0.413. The number of halogens is 7. The molecule has 1 aromatic carbocycles. The first-order chi connectivity index (χ1) is 13.2. The highest BCUT2D eigenvalue weighted by Gasteiger charge is 2.51. The predicted octanol–water partition coefficient (Wildman–Crippen LogP) is 4.56. The van der Waals surface area contributed by atoms with Crippen LogP contribution in [0.15, 0.2) is 12.1 Å². The quantitative estimate of drug-likeness (QED) is 0.703. The summed E-state index contributed by atoms with van der Waals surface area (Å²) in [7, 11) is 0. The van der Waals surface area contributed by atoms with Crippen LogP contribution in [0.1, 0.15) is 44.2 Å². The molecule has 0 unspecified atom stereocenters. The van der Waals surface area contributed by atoms with Gasteiger partial charge in [0.1, 0.15) is 11.3 Å². The molecule has 1 aliphatic carbocycles. The van der Waals surface area contributed by atoms with E-state index in [9.17, 15) is 40.6 Å². The molecule has 1 saturated carbocycles. The average Bonchev–Trinajstić information content (AvgIpc) is 2.81. The molecule has 2 N–H and O–H groups in total. The Morgan fingerprint density at radius 2 is 1.86 bits per heavy atom. The Morgan fingerprint density at radius 3 is 2.34 bits per heavy atom. The monoisotopic (exact) mass is 427 g/mol. The Kier molecular flexibility index (Phi) is 5.04. The molecule has 1 amide bonds. The second-order valence-corrected chi connectivity index (χ2v) is 7.21. The van der Waals surface area contributed by atoms with Gasteiger partial charge in [0.25, 0.3) is 0 Å². The molecule has 5 nitrogen and oxygen atoms in total. The molecule has 0 spiro atoms. The molecule has 0 radical (unpaired) electrons. The van der Waals surface area contributed by atoms with E-state index in [1.165, 1.54) is 4.57 Å². The first-order valence-electron chi connectivity index (χ1n) is 8.58. The molecule has 160 valence electrons. The van der Waals surface area contributed by atoms with Crippen LogP contribution in [0.2, 0.25) is 0 Å². The Hall–Kier alpha value is -2.37. The lowest BCUT2D eigenvalue weighted by Crippen LogP contribution is -2.45. The number of aromatic nitrogens is 2. The van der Waals surface area contributed by atoms with Gasteiger partial charge in [-0.3, -0.25) is 10.1 Å². The van der Waals surface area contributed by atoms with Crippen LogP contribution >= 0.6 is 0 Å². The highest BCUT2D eigenvalue weighted by atomic mass is 19.4. The zero-order chi connectivity index (χ0) is 21.8. The van der Waals surface area contributed by atoms with Crippen molar-refractivity contribution < 1.29 is 40.6 Å². The second kappa shape index (κ2) is 6.85. The molecule has 1 aliphatic rings. The van der Waals surface area contributed by atoms with Gasteiger partial charge in [0.05, 0.1) is 17.5 Å². The summed E-state index contributed by atoms with van der Waals surface area (Å²) in [5.74, 6) is -2.84. The molecule has 3 rings (SSSR count). The summed E-state index contributed by atoms with van der Waals surface area (Å²) in [6.07, 6.45) is -9.44. The Bertz CT molecular complexity index is 943. The van der Waals surface area contributed by atoms with Crippen LogP contribution in [-0.2, 0) is 11.0 Å². The Balaban J connectivity index is 2.01. The lowest BCUT2D eigenvalue weighted by atomic mass is 9.92. The van der Waals surface area contributed by atoms with Crippen molar-refractivity contribution in [3.8, 4) is 0 Å². The molecule has 0 bridgehead atoms. The van der Waals surface area contributed by atoms with Crippen molar-refractivity contribution in [2.45, 2.75) is 56.6 Å². The number of alkyl halides is 6. The van der Waals surface area contributed by atoms with Gasteiger partial charge in [0.15, 0.2) is 5.60 Å². The molecule has 1 heterocycles. The van der Waals surface area contributed by atoms with E-state index in [0.29, 0.717) is 31.9 Å². The zero-order valence-electron chi connectivity index (χ0n) is 15.0. The average molecular weight is 427 g/mol. The van der Waals surface area contributed by atoms with Gasteiger partial charge in [-0.05, 0) is 38.3 Å². The van der Waals surface area contributed by atoms with Gasteiger partial charge in [-0.15, -0.1) is 0 Å². The summed E-state index contributed by atoms with van der Waals surface area (Å²) in [5.41, 5.74) is -5.26. The summed E-state index contributed by atoms with van der Waals surface area (Å²) >= 11 is 0. The summed E-state index contributed by atoms with van der Waals surface area (Å²) in [4.78, 5) is 15.9. The standard InChI is InChI=1S/C17H16F7N3O2/c1-15(29,17(22,23)24)7-12(28)26-14-25-11-6-8(16(19,20)21)5-10(18)13(11)27(14)9-3-2-4-9/h5-6,9,29H,2-4,7H2,1H3,(H,25,26,28)/t15-/m1/s1. The van der Waals surface area contributed by atoms with Crippen LogP contribution in [0.3, 0.4) is 0 Å². The Morgan fingerprint density at radius 1 is 1.24 bits per heavy atom. The predicted molar refractivity (Wildman–Crippen MR) is 87.5 cm³/mol. The minimum Gasteiger partial charge on any atom is -0.380 e. The molecule has 0 saturated heterocycles. The summed E-state index contributed by atoms with van der Waals surface area (Å²) in [5, 5.41) is 11.5. The fraction of sp³-hybridized carbons (Fsp3) is 0.529. The lowest BCUT2D eigenvalue weighted by Gasteiger charge is -2.29. The van der Waals surface area contributed by atoms with Crippen molar-refractivity contribution in [1.82, 2.24) is 9.55 Å². The van der Waals surface area contributed by atoms with Crippen LogP contribution in [0.5, 0.6) is 0 Å². The van der Waals surface area contributed by atoms with Crippen LogP contribution in [0.25, 0.3) is 11.0 Å². The van der Waals surface area contributed by atoms with Gasteiger partial charge in [0, 0.05) is 6.04 Å². The number of benzene rings is 1. The van der Waals surface area contributed by atoms with E-state index in [4.69, 9.17) is 0 Å². The number of nitrogens with zero attached hydrogens (tertiary/aromatic N) is 2. The summed E-state index contributed by atoms with van der Waals surface area (Å²) in [6, 6.07) is 0.540. The van der Waals surface area contributed by atoms with Crippen LogP contribution < -0.4 is 5.32 Å². The van der Waals surface area contributed by atoms with Crippen molar-refractivity contribution >= 4 is 22.9 Å². The first-order valence-corrected chi connectivity index (χ1v) is 8.58. The summed E-state index contributed by atoms with van der Waals surface area (Å²) < 4.78 is 92.8. The minimum absolute atomic E-state index is 0.277. The molecule has 1 aromatic heterocycles. The van der Waals surface area contributed by atoms with Gasteiger partial charge < -0.3 is 9.67 Å². The molecule has 1 fully saturated rings.